The fourth-order valence-electron chi connectivity index (χ4n) is 3.42. The standard InChI is InChI=1S/C20H19N3O6/c1-20(14-5-8-16-17(11-14)29-10-2-9-28-16)18(24)22(19(25)21-20)12-13-3-6-15(7-4-13)23(26)27/h3-8,11H,2,9-10,12H2,1H3,(H,21,25). The van der Waals surface area contributed by atoms with Gasteiger partial charge in [0.25, 0.3) is 11.6 Å². The SMILES string of the molecule is CC1(c2ccc3c(c2)OCCCO3)NC(=O)N(Cc2ccc([N+](=O)[O-])cc2)C1=O. The van der Waals surface area contributed by atoms with Crippen LogP contribution < -0.4 is 14.8 Å². The molecule has 0 bridgehead atoms. The average Bonchev–Trinajstić information content (AvgIpc) is 2.87. The van der Waals surface area contributed by atoms with Gasteiger partial charge in [-0.1, -0.05) is 18.2 Å². The number of fused-ring (bicyclic) bond motifs is 1. The highest BCUT2D eigenvalue weighted by Crippen LogP contribution is 2.37. The molecule has 2 heterocycles. The smallest absolute Gasteiger partial charge is 0.325 e. The maximum absolute atomic E-state index is 13.1. The Morgan fingerprint density at radius 1 is 1.10 bits per heavy atom. The van der Waals surface area contributed by atoms with Crippen LogP contribution in [0.1, 0.15) is 24.5 Å². The molecule has 0 radical (unpaired) electrons. The number of rotatable bonds is 4. The number of ether oxygens (including phenoxy) is 2. The zero-order valence-corrected chi connectivity index (χ0v) is 15.7. The van der Waals surface area contributed by atoms with Gasteiger partial charge in [0.05, 0.1) is 24.7 Å². The molecule has 2 aliphatic rings. The Morgan fingerprint density at radius 3 is 2.48 bits per heavy atom. The third-order valence-electron chi connectivity index (χ3n) is 5.09. The van der Waals surface area contributed by atoms with Crippen LogP contribution in [0.25, 0.3) is 0 Å². The van der Waals surface area contributed by atoms with E-state index in [1.807, 2.05) is 0 Å². The van der Waals surface area contributed by atoms with Crippen LogP contribution in [0.15, 0.2) is 42.5 Å². The highest BCUT2D eigenvalue weighted by Gasteiger charge is 2.49. The van der Waals surface area contributed by atoms with Gasteiger partial charge in [0.1, 0.15) is 5.54 Å². The van der Waals surface area contributed by atoms with E-state index in [0.717, 1.165) is 11.3 Å². The van der Waals surface area contributed by atoms with E-state index in [-0.39, 0.29) is 12.2 Å². The van der Waals surface area contributed by atoms with Crippen LogP contribution in [0, 0.1) is 10.1 Å². The molecule has 29 heavy (non-hydrogen) atoms. The Balaban J connectivity index is 1.58. The van der Waals surface area contributed by atoms with Crippen molar-refractivity contribution in [1.82, 2.24) is 10.2 Å². The van der Waals surface area contributed by atoms with E-state index in [4.69, 9.17) is 9.47 Å². The van der Waals surface area contributed by atoms with Gasteiger partial charge in [-0.2, -0.15) is 0 Å². The van der Waals surface area contributed by atoms with Crippen LogP contribution in [-0.2, 0) is 16.9 Å². The van der Waals surface area contributed by atoms with E-state index >= 15 is 0 Å². The van der Waals surface area contributed by atoms with Crippen molar-refractivity contribution in [3.8, 4) is 11.5 Å². The van der Waals surface area contributed by atoms with Gasteiger partial charge in [-0.25, -0.2) is 4.79 Å². The van der Waals surface area contributed by atoms with Crippen molar-refractivity contribution < 1.29 is 24.0 Å². The largest absolute Gasteiger partial charge is 0.490 e. The van der Waals surface area contributed by atoms with Gasteiger partial charge < -0.3 is 14.8 Å². The van der Waals surface area contributed by atoms with Crippen molar-refractivity contribution in [2.45, 2.75) is 25.4 Å². The minimum absolute atomic E-state index is 0.0167. The molecule has 1 fully saturated rings. The average molecular weight is 397 g/mol. The van der Waals surface area contributed by atoms with Crippen LogP contribution in [0.2, 0.25) is 0 Å². The topological polar surface area (TPSA) is 111 Å². The minimum atomic E-state index is -1.25. The van der Waals surface area contributed by atoms with E-state index < -0.39 is 22.4 Å². The molecule has 3 amide bonds. The second-order valence-electron chi connectivity index (χ2n) is 7.08. The lowest BCUT2D eigenvalue weighted by Gasteiger charge is -2.23. The normalized spacial score (nSPS) is 20.9. The minimum Gasteiger partial charge on any atom is -0.490 e. The first kappa shape index (κ1) is 18.7. The van der Waals surface area contributed by atoms with Crippen LogP contribution in [0.3, 0.4) is 0 Å². The summed E-state index contributed by atoms with van der Waals surface area (Å²) in [6.07, 6.45) is 0.764. The molecule has 4 rings (SSSR count). The molecule has 2 aromatic carbocycles. The van der Waals surface area contributed by atoms with Crippen molar-refractivity contribution in [3.05, 3.63) is 63.7 Å². The van der Waals surface area contributed by atoms with Gasteiger partial charge in [0.2, 0.25) is 0 Å². The molecule has 1 saturated heterocycles. The van der Waals surface area contributed by atoms with Gasteiger partial charge in [-0.05, 0) is 30.2 Å². The molecule has 1 atom stereocenters. The Morgan fingerprint density at radius 2 is 1.79 bits per heavy atom. The lowest BCUT2D eigenvalue weighted by atomic mass is 9.91. The molecule has 0 aromatic heterocycles. The molecule has 150 valence electrons. The summed E-state index contributed by atoms with van der Waals surface area (Å²) in [4.78, 5) is 37.0. The van der Waals surface area contributed by atoms with E-state index in [2.05, 4.69) is 5.32 Å². The summed E-state index contributed by atoms with van der Waals surface area (Å²) >= 11 is 0. The maximum atomic E-state index is 13.1. The van der Waals surface area contributed by atoms with Crippen molar-refractivity contribution >= 4 is 17.6 Å². The molecule has 2 aromatic rings. The number of nitrogens with zero attached hydrogens (tertiary/aromatic N) is 2. The van der Waals surface area contributed by atoms with Crippen LogP contribution in [0.4, 0.5) is 10.5 Å². The van der Waals surface area contributed by atoms with Gasteiger partial charge in [-0.15, -0.1) is 0 Å². The fourth-order valence-corrected chi connectivity index (χ4v) is 3.42. The molecule has 0 spiro atoms. The van der Waals surface area contributed by atoms with E-state index in [1.165, 1.54) is 24.3 Å². The molecule has 9 nitrogen and oxygen atoms in total. The quantitative estimate of drug-likeness (QED) is 0.482. The molecule has 9 heteroatoms. The molecule has 2 aliphatic heterocycles. The highest BCUT2D eigenvalue weighted by molar-refractivity contribution is 6.07. The Kier molecular flexibility index (Phi) is 4.57. The van der Waals surface area contributed by atoms with Gasteiger partial charge in [0.15, 0.2) is 11.5 Å². The Labute approximate surface area is 166 Å². The predicted octanol–water partition coefficient (Wildman–Crippen LogP) is 2.72. The zero-order valence-electron chi connectivity index (χ0n) is 15.7. The van der Waals surface area contributed by atoms with Crippen molar-refractivity contribution in [2.75, 3.05) is 13.2 Å². The van der Waals surface area contributed by atoms with Crippen molar-refractivity contribution in [3.63, 3.8) is 0 Å². The predicted molar refractivity (Wildman–Crippen MR) is 102 cm³/mol. The number of benzene rings is 2. The third-order valence-corrected chi connectivity index (χ3v) is 5.09. The van der Waals surface area contributed by atoms with E-state index in [1.54, 1.807) is 25.1 Å². The van der Waals surface area contributed by atoms with E-state index in [9.17, 15) is 19.7 Å². The third kappa shape index (κ3) is 3.35. The lowest BCUT2D eigenvalue weighted by molar-refractivity contribution is -0.384. The second kappa shape index (κ2) is 7.08. The number of urea groups is 1. The van der Waals surface area contributed by atoms with Gasteiger partial charge in [0, 0.05) is 18.6 Å². The monoisotopic (exact) mass is 397 g/mol. The molecule has 0 saturated carbocycles. The summed E-state index contributed by atoms with van der Waals surface area (Å²) in [6, 6.07) is 10.4. The first-order chi connectivity index (χ1) is 13.9. The number of imide groups is 1. The second-order valence-corrected chi connectivity index (χ2v) is 7.08. The summed E-state index contributed by atoms with van der Waals surface area (Å²) in [5.41, 5.74) is -0.0981. The van der Waals surface area contributed by atoms with Gasteiger partial charge >= 0.3 is 6.03 Å². The maximum Gasteiger partial charge on any atom is 0.325 e. The number of amides is 3. The number of nitrogens with one attached hydrogen (secondary N) is 1. The lowest BCUT2D eigenvalue weighted by Crippen LogP contribution is -2.40. The number of nitro groups is 1. The summed E-state index contributed by atoms with van der Waals surface area (Å²) in [5.74, 6) is 0.738. The van der Waals surface area contributed by atoms with Gasteiger partial charge in [-0.3, -0.25) is 19.8 Å². The number of hydrogen-bond acceptors (Lipinski definition) is 6. The van der Waals surface area contributed by atoms with Crippen molar-refractivity contribution in [2.24, 2.45) is 0 Å². The Hall–Kier alpha value is -3.62. The highest BCUT2D eigenvalue weighted by atomic mass is 16.6. The number of nitro benzene ring substituents is 1. The summed E-state index contributed by atoms with van der Waals surface area (Å²) < 4.78 is 11.3. The number of carbonyl (C=O) groups excluding carboxylic acids is 2. The number of carbonyl (C=O) groups is 2. The Bertz CT molecular complexity index is 990. The summed E-state index contributed by atoms with van der Waals surface area (Å²) in [6.45, 7) is 2.73. The molecular formula is C20H19N3O6. The fraction of sp³-hybridized carbons (Fsp3) is 0.300. The summed E-state index contributed by atoms with van der Waals surface area (Å²) in [5, 5.41) is 13.5. The number of non-ortho nitro benzene ring substituents is 1. The first-order valence-electron chi connectivity index (χ1n) is 9.16. The zero-order chi connectivity index (χ0) is 20.6. The summed E-state index contributed by atoms with van der Waals surface area (Å²) in [7, 11) is 0. The molecule has 0 aliphatic carbocycles. The van der Waals surface area contributed by atoms with Crippen LogP contribution in [0.5, 0.6) is 11.5 Å². The first-order valence-corrected chi connectivity index (χ1v) is 9.16. The van der Waals surface area contributed by atoms with Crippen LogP contribution in [-0.4, -0.2) is 35.0 Å². The molecular weight excluding hydrogens is 378 g/mol. The van der Waals surface area contributed by atoms with Crippen molar-refractivity contribution in [1.29, 1.82) is 0 Å². The molecule has 1 N–H and O–H groups in total. The number of hydrogen-bond donors (Lipinski definition) is 1. The van der Waals surface area contributed by atoms with Crippen LogP contribution >= 0.6 is 0 Å². The van der Waals surface area contributed by atoms with E-state index in [0.29, 0.717) is 35.8 Å². The molecule has 1 unspecified atom stereocenters.